The van der Waals surface area contributed by atoms with Crippen molar-refractivity contribution in [2.24, 2.45) is 13.0 Å². The molecule has 3 aromatic rings. The third-order valence-electron chi connectivity index (χ3n) is 4.88. The molecule has 0 unspecified atom stereocenters. The summed E-state index contributed by atoms with van der Waals surface area (Å²) in [7, 11) is 1.90. The summed E-state index contributed by atoms with van der Waals surface area (Å²) in [6.07, 6.45) is 7.78. The zero-order chi connectivity index (χ0) is 17.4. The van der Waals surface area contributed by atoms with Crippen LogP contribution in [0.15, 0.2) is 36.9 Å². The van der Waals surface area contributed by atoms with Crippen LogP contribution in [0.25, 0.3) is 5.65 Å². The van der Waals surface area contributed by atoms with Crippen LogP contribution in [0.2, 0.25) is 0 Å². The van der Waals surface area contributed by atoms with Crippen LogP contribution in [0.5, 0.6) is 0 Å². The number of amides is 1. The Balaban J connectivity index is 0.00000131. The number of carbonyl (C=O) groups is 1. The minimum absolute atomic E-state index is 0. The number of imidazole rings is 1. The van der Waals surface area contributed by atoms with Crippen molar-refractivity contribution < 1.29 is 4.79 Å². The number of pyridine rings is 1. The predicted molar refractivity (Wildman–Crippen MR) is 109 cm³/mol. The standard InChI is InChI=1S/C18H22N6O.2ClH/c1-12-4-3-5-24-11-14(22-17(12)24)7-20-18(25)16-9-19-8-15(16)13-6-21-23(2)10-13;;/h3-6,10-11,15-16,19H,7-9H2,1-2H3,(H,20,25);2*1H/t15-,16+;;/m1../s1. The molecule has 1 aliphatic heterocycles. The molecule has 9 heteroatoms. The molecule has 7 nitrogen and oxygen atoms in total. The molecule has 0 aromatic carbocycles. The first kappa shape index (κ1) is 21.2. The van der Waals surface area contributed by atoms with E-state index in [4.69, 9.17) is 0 Å². The van der Waals surface area contributed by atoms with Gasteiger partial charge in [0, 0.05) is 44.6 Å². The number of halogens is 2. The molecular formula is C18H24Cl2N6O. The molecule has 1 amide bonds. The number of hydrogen-bond donors (Lipinski definition) is 2. The molecule has 1 fully saturated rings. The number of aryl methyl sites for hydroxylation is 2. The van der Waals surface area contributed by atoms with E-state index < -0.39 is 0 Å². The summed E-state index contributed by atoms with van der Waals surface area (Å²) in [6, 6.07) is 4.03. The summed E-state index contributed by atoms with van der Waals surface area (Å²) in [5.74, 6) is 0.146. The Labute approximate surface area is 170 Å². The first-order chi connectivity index (χ1) is 12.1. The van der Waals surface area contributed by atoms with Gasteiger partial charge in [0.25, 0.3) is 0 Å². The third-order valence-corrected chi connectivity index (χ3v) is 4.88. The van der Waals surface area contributed by atoms with Gasteiger partial charge in [-0.1, -0.05) is 6.07 Å². The Morgan fingerprint density at radius 3 is 2.85 bits per heavy atom. The Kier molecular flexibility index (Phi) is 6.86. The summed E-state index contributed by atoms with van der Waals surface area (Å²) in [5.41, 5.74) is 4.03. The Morgan fingerprint density at radius 1 is 1.33 bits per heavy atom. The normalized spacial score (nSPS) is 18.7. The fraction of sp³-hybridized carbons (Fsp3) is 0.389. The molecular weight excluding hydrogens is 387 g/mol. The summed E-state index contributed by atoms with van der Waals surface area (Å²) in [4.78, 5) is 17.3. The number of hydrogen-bond acceptors (Lipinski definition) is 4. The van der Waals surface area contributed by atoms with E-state index in [1.165, 1.54) is 0 Å². The van der Waals surface area contributed by atoms with Gasteiger partial charge in [0.05, 0.1) is 24.4 Å². The second kappa shape index (κ2) is 8.73. The smallest absolute Gasteiger partial charge is 0.225 e. The maximum absolute atomic E-state index is 12.7. The number of nitrogens with one attached hydrogen (secondary N) is 2. The molecule has 0 bridgehead atoms. The van der Waals surface area contributed by atoms with Crippen LogP contribution < -0.4 is 10.6 Å². The lowest BCUT2D eigenvalue weighted by atomic mass is 9.90. The van der Waals surface area contributed by atoms with Crippen LogP contribution in [-0.4, -0.2) is 38.2 Å². The van der Waals surface area contributed by atoms with Gasteiger partial charge in [-0.2, -0.15) is 5.10 Å². The van der Waals surface area contributed by atoms with Crippen molar-refractivity contribution in [1.29, 1.82) is 0 Å². The SMILES string of the molecule is Cc1cccn2cc(CNC(=O)[C@H]3CNC[C@@H]3c3cnn(C)c3)nc12.Cl.Cl. The molecule has 2 N–H and O–H groups in total. The van der Waals surface area contributed by atoms with Crippen LogP contribution in [0, 0.1) is 12.8 Å². The second-order valence-electron chi connectivity index (χ2n) is 6.69. The average molecular weight is 411 g/mol. The summed E-state index contributed by atoms with van der Waals surface area (Å²) >= 11 is 0. The molecule has 1 aliphatic rings. The zero-order valence-corrected chi connectivity index (χ0v) is 16.9. The van der Waals surface area contributed by atoms with Crippen LogP contribution in [0.3, 0.4) is 0 Å². The van der Waals surface area contributed by atoms with Gasteiger partial charge in [-0.3, -0.25) is 9.48 Å². The minimum Gasteiger partial charge on any atom is -0.350 e. The molecule has 146 valence electrons. The molecule has 1 saturated heterocycles. The van der Waals surface area contributed by atoms with Gasteiger partial charge in [-0.05, 0) is 24.1 Å². The summed E-state index contributed by atoms with van der Waals surface area (Å²) < 4.78 is 3.77. The highest BCUT2D eigenvalue weighted by atomic mass is 35.5. The second-order valence-corrected chi connectivity index (χ2v) is 6.69. The highest BCUT2D eigenvalue weighted by Gasteiger charge is 2.34. The number of nitrogens with zero attached hydrogens (tertiary/aromatic N) is 4. The molecule has 0 radical (unpaired) electrons. The molecule has 4 rings (SSSR count). The largest absolute Gasteiger partial charge is 0.350 e. The van der Waals surface area contributed by atoms with E-state index in [0.29, 0.717) is 13.1 Å². The number of rotatable bonds is 4. The number of fused-ring (bicyclic) bond motifs is 1. The van der Waals surface area contributed by atoms with Crippen molar-refractivity contribution in [1.82, 2.24) is 29.8 Å². The first-order valence-corrected chi connectivity index (χ1v) is 8.52. The van der Waals surface area contributed by atoms with E-state index in [0.717, 1.165) is 29.0 Å². The highest BCUT2D eigenvalue weighted by molar-refractivity contribution is 5.85. The lowest BCUT2D eigenvalue weighted by Crippen LogP contribution is -2.34. The van der Waals surface area contributed by atoms with E-state index in [1.54, 1.807) is 4.68 Å². The van der Waals surface area contributed by atoms with Crippen LogP contribution in [-0.2, 0) is 18.4 Å². The Bertz CT molecular complexity index is 922. The minimum atomic E-state index is -0.0806. The number of carbonyl (C=O) groups excluding carboxylic acids is 1. The molecule has 0 spiro atoms. The fourth-order valence-electron chi connectivity index (χ4n) is 3.53. The maximum atomic E-state index is 12.7. The molecule has 4 heterocycles. The van der Waals surface area contributed by atoms with Gasteiger partial charge in [0.15, 0.2) is 0 Å². The summed E-state index contributed by atoms with van der Waals surface area (Å²) in [6.45, 7) is 3.97. The molecule has 27 heavy (non-hydrogen) atoms. The van der Waals surface area contributed by atoms with Crippen molar-refractivity contribution in [2.45, 2.75) is 19.4 Å². The first-order valence-electron chi connectivity index (χ1n) is 8.52. The van der Waals surface area contributed by atoms with Gasteiger partial charge in [0.1, 0.15) is 5.65 Å². The lowest BCUT2D eigenvalue weighted by molar-refractivity contribution is -0.125. The lowest BCUT2D eigenvalue weighted by Gasteiger charge is -2.16. The third kappa shape index (κ3) is 4.26. The molecule has 0 saturated carbocycles. The Hall–Kier alpha value is -2.09. The van der Waals surface area contributed by atoms with Crippen molar-refractivity contribution in [3.05, 3.63) is 53.7 Å². The average Bonchev–Trinajstić information content (AvgIpc) is 3.31. The topological polar surface area (TPSA) is 76.2 Å². The van der Waals surface area contributed by atoms with Crippen LogP contribution in [0.4, 0.5) is 0 Å². The quantitative estimate of drug-likeness (QED) is 0.687. The Morgan fingerprint density at radius 2 is 2.15 bits per heavy atom. The fourth-order valence-corrected chi connectivity index (χ4v) is 3.53. The van der Waals surface area contributed by atoms with Crippen LogP contribution in [0.1, 0.15) is 22.7 Å². The summed E-state index contributed by atoms with van der Waals surface area (Å²) in [5, 5.41) is 10.6. The molecule has 0 aliphatic carbocycles. The number of aromatic nitrogens is 4. The van der Waals surface area contributed by atoms with E-state index in [2.05, 4.69) is 20.7 Å². The van der Waals surface area contributed by atoms with Gasteiger partial charge >= 0.3 is 0 Å². The monoisotopic (exact) mass is 410 g/mol. The predicted octanol–water partition coefficient (Wildman–Crippen LogP) is 1.84. The van der Waals surface area contributed by atoms with Gasteiger partial charge in [0.2, 0.25) is 5.91 Å². The van der Waals surface area contributed by atoms with E-state index in [9.17, 15) is 4.79 Å². The molecule has 3 aromatic heterocycles. The molecule has 2 atom stereocenters. The van der Waals surface area contributed by atoms with Gasteiger partial charge < -0.3 is 15.0 Å². The zero-order valence-electron chi connectivity index (χ0n) is 15.3. The van der Waals surface area contributed by atoms with Crippen molar-refractivity contribution in [3.8, 4) is 0 Å². The van der Waals surface area contributed by atoms with E-state index in [-0.39, 0.29) is 42.6 Å². The van der Waals surface area contributed by atoms with Crippen LogP contribution >= 0.6 is 24.8 Å². The van der Waals surface area contributed by atoms with Crippen molar-refractivity contribution >= 4 is 36.4 Å². The van der Waals surface area contributed by atoms with E-state index in [1.807, 2.05) is 55.3 Å². The van der Waals surface area contributed by atoms with Gasteiger partial charge in [-0.15, -0.1) is 24.8 Å². The van der Waals surface area contributed by atoms with Crippen molar-refractivity contribution in [2.75, 3.05) is 13.1 Å². The maximum Gasteiger partial charge on any atom is 0.225 e. The highest BCUT2D eigenvalue weighted by Crippen LogP contribution is 2.27. The van der Waals surface area contributed by atoms with E-state index >= 15 is 0 Å². The van der Waals surface area contributed by atoms with Crippen molar-refractivity contribution in [3.63, 3.8) is 0 Å². The van der Waals surface area contributed by atoms with Gasteiger partial charge in [-0.25, -0.2) is 4.98 Å².